The van der Waals surface area contributed by atoms with Gasteiger partial charge in [-0.2, -0.15) is 0 Å². The third-order valence-corrected chi connectivity index (χ3v) is 17.6. The van der Waals surface area contributed by atoms with Gasteiger partial charge >= 0.3 is 0 Å². The summed E-state index contributed by atoms with van der Waals surface area (Å²) in [5.74, 6) is 0.838. The van der Waals surface area contributed by atoms with Gasteiger partial charge in [0.15, 0.2) is 0 Å². The monoisotopic (exact) mass is 1030 g/mol. The number of nitrogens with one attached hydrogen (secondary N) is 2. The van der Waals surface area contributed by atoms with Crippen molar-refractivity contribution in [1.82, 2.24) is 14.4 Å². The van der Waals surface area contributed by atoms with Gasteiger partial charge in [0, 0.05) is 122 Å². The van der Waals surface area contributed by atoms with Gasteiger partial charge < -0.3 is 39.7 Å². The Balaban J connectivity index is 0.845. The molecule has 380 valence electrons. The minimum atomic E-state index is -3.86. The number of carbonyl (C=O) groups is 1. The first-order valence-corrected chi connectivity index (χ1v) is 28.1. The second kappa shape index (κ2) is 22.3. The van der Waals surface area contributed by atoms with Crippen molar-refractivity contribution in [1.29, 1.82) is 0 Å². The lowest BCUT2D eigenvalue weighted by molar-refractivity contribution is -0.00203. The van der Waals surface area contributed by atoms with E-state index in [1.807, 2.05) is 105 Å². The summed E-state index contributed by atoms with van der Waals surface area (Å²) in [6.07, 6.45) is 3.41. The number of piperidine rings is 2. The van der Waals surface area contributed by atoms with Crippen LogP contribution >= 0.6 is 23.4 Å². The molecular formula is C57H68ClN7O5S2. The third-order valence-electron chi connectivity index (χ3n) is 14.8. The number of aliphatic hydroxyl groups is 2. The molecule has 9 rings (SSSR count). The molecule has 3 aliphatic rings. The number of thioether (sulfide) groups is 1. The Hall–Kier alpha value is -5.48. The lowest BCUT2D eigenvalue weighted by atomic mass is 9.92. The van der Waals surface area contributed by atoms with Gasteiger partial charge in [0.1, 0.15) is 0 Å². The number of sulfonamides is 1. The highest BCUT2D eigenvalue weighted by atomic mass is 35.5. The van der Waals surface area contributed by atoms with Crippen LogP contribution < -0.4 is 19.8 Å². The Morgan fingerprint density at radius 2 is 1.46 bits per heavy atom. The number of anilines is 4. The summed E-state index contributed by atoms with van der Waals surface area (Å²) in [4.78, 5) is 24.9. The van der Waals surface area contributed by atoms with Crippen molar-refractivity contribution < 1.29 is 23.4 Å². The van der Waals surface area contributed by atoms with Crippen LogP contribution in [0.3, 0.4) is 0 Å². The maximum atomic E-state index is 14.5. The summed E-state index contributed by atoms with van der Waals surface area (Å²) in [5, 5.41) is 25.1. The van der Waals surface area contributed by atoms with Gasteiger partial charge in [0.25, 0.3) is 15.9 Å². The fraction of sp³-hybridized carbons (Fsp3) is 0.386. The minimum Gasteiger partial charge on any atom is -0.393 e. The Morgan fingerprint density at radius 1 is 0.792 bits per heavy atom. The van der Waals surface area contributed by atoms with Gasteiger partial charge in [-0.15, -0.1) is 11.8 Å². The fourth-order valence-electron chi connectivity index (χ4n) is 10.3. The van der Waals surface area contributed by atoms with E-state index in [-0.39, 0.29) is 22.9 Å². The van der Waals surface area contributed by atoms with Gasteiger partial charge in [0.05, 0.1) is 27.9 Å². The molecule has 1 atom stereocenters. The molecule has 3 aliphatic heterocycles. The molecule has 0 aliphatic carbocycles. The first-order chi connectivity index (χ1) is 34.6. The number of piperazine rings is 1. The summed E-state index contributed by atoms with van der Waals surface area (Å²) in [5.41, 5.74) is 8.92. The quantitative estimate of drug-likeness (QED) is 0.0695. The molecule has 12 nitrogen and oxygen atoms in total. The molecular weight excluding hydrogens is 962 g/mol. The number of benzene rings is 5. The van der Waals surface area contributed by atoms with Crippen LogP contribution in [0, 0.1) is 13.8 Å². The Morgan fingerprint density at radius 3 is 2.12 bits per heavy atom. The van der Waals surface area contributed by atoms with Crippen molar-refractivity contribution >= 4 is 62.0 Å². The van der Waals surface area contributed by atoms with Crippen molar-refractivity contribution in [3.05, 3.63) is 143 Å². The normalized spacial score (nSPS) is 17.2. The molecule has 1 aromatic heterocycles. The standard InChI is InChI=1S/C57H68ClN7O5S2/c1-40-37-51(21-22-52(40)59-46(39-71-50-11-6-5-7-12-50)23-28-62-29-24-49(66)25-30-62)72(69,70)60-45-17-19-47(20-18-45)63-33-35-64(36-34-63)48-10-8-9-43(38-48)54-53(56(67)65-31-26-57(3,68)27-32-65)41(2)61(4)55(54)42-13-15-44(58)16-14-42/h5-22,37-38,46,49,59-60,66,68H,23-36,39H2,1-4H3. The molecule has 5 aromatic carbocycles. The molecule has 72 heavy (non-hydrogen) atoms. The van der Waals surface area contributed by atoms with Gasteiger partial charge in [-0.25, -0.2) is 8.42 Å². The summed E-state index contributed by atoms with van der Waals surface area (Å²) < 4.78 is 32.5. The van der Waals surface area contributed by atoms with E-state index in [0.29, 0.717) is 42.2 Å². The predicted octanol–water partition coefficient (Wildman–Crippen LogP) is 10.2. The van der Waals surface area contributed by atoms with E-state index >= 15 is 0 Å². The van der Waals surface area contributed by atoms with Gasteiger partial charge in [-0.05, 0) is 148 Å². The third kappa shape index (κ3) is 12.1. The van der Waals surface area contributed by atoms with Crippen molar-refractivity contribution in [2.45, 2.75) is 80.4 Å². The number of rotatable bonds is 16. The zero-order valence-corrected chi connectivity index (χ0v) is 44.2. The van der Waals surface area contributed by atoms with E-state index in [4.69, 9.17) is 11.6 Å². The van der Waals surface area contributed by atoms with E-state index in [1.54, 1.807) is 12.1 Å². The van der Waals surface area contributed by atoms with Crippen LogP contribution in [0.2, 0.25) is 5.02 Å². The molecule has 15 heteroatoms. The number of hydrogen-bond acceptors (Lipinski definition) is 10. The number of carbonyl (C=O) groups excluding carboxylic acids is 1. The number of amides is 1. The lowest BCUT2D eigenvalue weighted by Gasteiger charge is -2.37. The molecule has 0 bridgehead atoms. The molecule has 0 radical (unpaired) electrons. The first-order valence-electron chi connectivity index (χ1n) is 25.3. The Bertz CT molecular complexity index is 2930. The highest BCUT2D eigenvalue weighted by Crippen LogP contribution is 2.42. The predicted molar refractivity (Wildman–Crippen MR) is 296 cm³/mol. The van der Waals surface area contributed by atoms with Gasteiger partial charge in [0.2, 0.25) is 0 Å². The number of aromatic nitrogens is 1. The van der Waals surface area contributed by atoms with Crippen molar-refractivity contribution in [3.63, 3.8) is 0 Å². The first kappa shape index (κ1) is 51.4. The fourth-order valence-corrected chi connectivity index (χ4v) is 12.5. The van der Waals surface area contributed by atoms with E-state index in [1.165, 1.54) is 4.90 Å². The average molecular weight is 1030 g/mol. The summed E-state index contributed by atoms with van der Waals surface area (Å²) >= 11 is 8.16. The zero-order valence-electron chi connectivity index (χ0n) is 41.9. The topological polar surface area (TPSA) is 134 Å². The number of halogens is 1. The molecule has 0 spiro atoms. The Labute approximate surface area is 435 Å². The molecule has 3 saturated heterocycles. The van der Waals surface area contributed by atoms with E-state index < -0.39 is 15.6 Å². The lowest BCUT2D eigenvalue weighted by Crippen LogP contribution is -2.46. The maximum Gasteiger partial charge on any atom is 0.261 e. The molecule has 3 fully saturated rings. The smallest absolute Gasteiger partial charge is 0.261 e. The van der Waals surface area contributed by atoms with Crippen LogP contribution in [0.4, 0.5) is 22.7 Å². The van der Waals surface area contributed by atoms with E-state index in [0.717, 1.165) is 122 Å². The maximum absolute atomic E-state index is 14.5. The Kier molecular flexibility index (Phi) is 15.9. The van der Waals surface area contributed by atoms with E-state index in [9.17, 15) is 23.4 Å². The molecule has 4 heterocycles. The van der Waals surface area contributed by atoms with Crippen LogP contribution in [0.15, 0.2) is 131 Å². The van der Waals surface area contributed by atoms with Gasteiger partial charge in [-0.3, -0.25) is 9.52 Å². The highest BCUT2D eigenvalue weighted by molar-refractivity contribution is 7.99. The van der Waals surface area contributed by atoms with E-state index in [2.05, 4.69) is 77.8 Å². The van der Waals surface area contributed by atoms with Crippen LogP contribution in [0.1, 0.15) is 60.6 Å². The van der Waals surface area contributed by atoms with Crippen LogP contribution in [-0.2, 0) is 17.1 Å². The second-order valence-electron chi connectivity index (χ2n) is 20.0. The van der Waals surface area contributed by atoms with Crippen molar-refractivity contribution in [2.75, 3.05) is 84.5 Å². The van der Waals surface area contributed by atoms with Crippen LogP contribution in [-0.4, -0.2) is 121 Å². The SMILES string of the molecule is Cc1cc(S(=O)(=O)Nc2ccc(N3CCN(c4cccc(-c5c(C(=O)N6CCC(C)(O)CC6)c(C)n(C)c5-c5ccc(Cl)cc5)c4)CC3)cc2)ccc1NC(CCN1CCC(O)CC1)CSc1ccccc1. The molecule has 1 amide bonds. The average Bonchev–Trinajstić information content (AvgIpc) is 3.65. The van der Waals surface area contributed by atoms with Crippen molar-refractivity contribution in [3.8, 4) is 22.4 Å². The van der Waals surface area contributed by atoms with Crippen LogP contribution in [0.5, 0.6) is 0 Å². The number of aliphatic hydroxyl groups excluding tert-OH is 1. The number of nitrogens with zero attached hydrogens (tertiary/aromatic N) is 5. The zero-order chi connectivity index (χ0) is 50.6. The highest BCUT2D eigenvalue weighted by Gasteiger charge is 2.34. The molecule has 1 unspecified atom stereocenters. The molecule has 4 N–H and O–H groups in total. The summed E-state index contributed by atoms with van der Waals surface area (Å²) in [6.45, 7) is 12.6. The molecule has 6 aromatic rings. The van der Waals surface area contributed by atoms with Crippen LogP contribution in [0.25, 0.3) is 22.4 Å². The number of aryl methyl sites for hydroxylation is 1. The number of hydrogen-bond donors (Lipinski definition) is 4. The van der Waals surface area contributed by atoms with Crippen molar-refractivity contribution in [2.24, 2.45) is 7.05 Å². The summed E-state index contributed by atoms with van der Waals surface area (Å²) in [6, 6.07) is 39.7. The second-order valence-corrected chi connectivity index (χ2v) is 23.2. The summed E-state index contributed by atoms with van der Waals surface area (Å²) in [7, 11) is -1.85. The number of likely N-dealkylation sites (tertiary alicyclic amines) is 2. The van der Waals surface area contributed by atoms with Gasteiger partial charge in [-0.1, -0.05) is 54.1 Å². The minimum absolute atomic E-state index is 0.0232. The largest absolute Gasteiger partial charge is 0.393 e. The molecule has 0 saturated carbocycles.